The third-order valence-electron chi connectivity index (χ3n) is 3.72. The highest BCUT2D eigenvalue weighted by atomic mass is 32.1. The van der Waals surface area contributed by atoms with Crippen molar-refractivity contribution in [2.24, 2.45) is 0 Å². The molecule has 0 radical (unpaired) electrons. The summed E-state index contributed by atoms with van der Waals surface area (Å²) in [4.78, 5) is 19.2. The molecule has 5 nitrogen and oxygen atoms in total. The van der Waals surface area contributed by atoms with Gasteiger partial charge in [-0.2, -0.15) is 0 Å². The van der Waals surface area contributed by atoms with E-state index in [1.165, 1.54) is 11.3 Å². The predicted octanol–water partition coefficient (Wildman–Crippen LogP) is 3.32. The Labute approximate surface area is 151 Å². The maximum absolute atomic E-state index is 12.8. The van der Waals surface area contributed by atoms with Gasteiger partial charge in [-0.1, -0.05) is 17.4 Å². The van der Waals surface area contributed by atoms with Gasteiger partial charge in [0.05, 0.1) is 28.8 Å². The van der Waals surface area contributed by atoms with Gasteiger partial charge in [-0.15, -0.1) is 11.3 Å². The molecule has 0 aliphatic carbocycles. The minimum atomic E-state index is -0.0532. The molecular weight excluding hydrogens is 356 g/mol. The molecule has 128 valence electrons. The summed E-state index contributed by atoms with van der Waals surface area (Å²) in [5.41, 5.74) is 1.43. The lowest BCUT2D eigenvalue weighted by Crippen LogP contribution is -2.22. The molecule has 0 saturated carbocycles. The zero-order valence-electron chi connectivity index (χ0n) is 13.8. The van der Waals surface area contributed by atoms with Crippen LogP contribution in [0.4, 0.5) is 0 Å². The number of hydrogen-bond acceptors (Lipinski definition) is 6. The number of thiazole rings is 1. The van der Waals surface area contributed by atoms with Crippen LogP contribution in [-0.2, 0) is 0 Å². The molecule has 0 fully saturated rings. The van der Waals surface area contributed by atoms with E-state index in [0.29, 0.717) is 34.2 Å². The first kappa shape index (κ1) is 16.1. The number of ether oxygens (including phenoxy) is 2. The normalized spacial score (nSPS) is 12.3. The van der Waals surface area contributed by atoms with E-state index in [1.54, 1.807) is 15.7 Å². The lowest BCUT2D eigenvalue weighted by molar-refractivity contribution is 0.288. The number of imidazole rings is 1. The molecule has 0 amide bonds. The molecule has 3 heterocycles. The lowest BCUT2D eigenvalue weighted by atomic mass is 10.2. The fourth-order valence-electron chi connectivity index (χ4n) is 2.71. The standard InChI is InChI=1S/C18H16N2O3S2/c1-3-22-14-9-12-13(10-15(14)23-4-2)20-17(21)16(25-18(20)19-12)8-11-6-5-7-24-11/h5-10H,3-4H2,1-2H3. The molecule has 0 atom stereocenters. The van der Waals surface area contributed by atoms with Gasteiger partial charge in [0.2, 0.25) is 0 Å². The lowest BCUT2D eigenvalue weighted by Gasteiger charge is -2.10. The van der Waals surface area contributed by atoms with Crippen molar-refractivity contribution in [3.63, 3.8) is 0 Å². The fraction of sp³-hybridized carbons (Fsp3) is 0.222. The Balaban J connectivity index is 1.96. The molecule has 0 spiro atoms. The van der Waals surface area contributed by atoms with Crippen LogP contribution in [0.1, 0.15) is 18.7 Å². The Morgan fingerprint density at radius 3 is 2.64 bits per heavy atom. The van der Waals surface area contributed by atoms with E-state index in [-0.39, 0.29) is 5.56 Å². The number of hydrogen-bond donors (Lipinski definition) is 0. The molecule has 0 aliphatic rings. The molecule has 0 aliphatic heterocycles. The van der Waals surface area contributed by atoms with Crippen LogP contribution in [0.2, 0.25) is 0 Å². The summed E-state index contributed by atoms with van der Waals surface area (Å²) in [5.74, 6) is 1.29. The van der Waals surface area contributed by atoms with Crippen molar-refractivity contribution in [1.82, 2.24) is 9.38 Å². The van der Waals surface area contributed by atoms with Crippen LogP contribution in [-0.4, -0.2) is 22.6 Å². The van der Waals surface area contributed by atoms with Crippen LogP contribution in [0.25, 0.3) is 22.1 Å². The van der Waals surface area contributed by atoms with Crippen molar-refractivity contribution >= 4 is 44.7 Å². The van der Waals surface area contributed by atoms with Gasteiger partial charge in [0.25, 0.3) is 5.56 Å². The average Bonchev–Trinajstić information content (AvgIpc) is 3.28. The zero-order chi connectivity index (χ0) is 17.4. The topological polar surface area (TPSA) is 52.8 Å². The first-order chi connectivity index (χ1) is 12.2. The van der Waals surface area contributed by atoms with E-state index in [1.807, 2.05) is 49.6 Å². The summed E-state index contributed by atoms with van der Waals surface area (Å²) in [6, 6.07) is 7.64. The highest BCUT2D eigenvalue weighted by Gasteiger charge is 2.15. The molecule has 7 heteroatoms. The minimum Gasteiger partial charge on any atom is -0.490 e. The van der Waals surface area contributed by atoms with Crippen LogP contribution in [0.5, 0.6) is 11.5 Å². The van der Waals surface area contributed by atoms with Gasteiger partial charge in [-0.3, -0.25) is 4.79 Å². The smallest absolute Gasteiger partial charge is 0.274 e. The van der Waals surface area contributed by atoms with Crippen molar-refractivity contribution < 1.29 is 9.47 Å². The zero-order valence-corrected chi connectivity index (χ0v) is 15.4. The first-order valence-corrected chi connectivity index (χ1v) is 9.70. The summed E-state index contributed by atoms with van der Waals surface area (Å²) < 4.78 is 13.6. The van der Waals surface area contributed by atoms with Gasteiger partial charge in [0, 0.05) is 17.0 Å². The van der Waals surface area contributed by atoms with E-state index in [0.717, 1.165) is 15.9 Å². The second kappa shape index (κ2) is 6.50. The van der Waals surface area contributed by atoms with Crippen LogP contribution in [0.3, 0.4) is 0 Å². The van der Waals surface area contributed by atoms with Crippen LogP contribution >= 0.6 is 22.7 Å². The number of nitrogens with zero attached hydrogens (tertiary/aromatic N) is 2. The van der Waals surface area contributed by atoms with E-state index in [4.69, 9.17) is 9.47 Å². The third-order valence-corrected chi connectivity index (χ3v) is 5.51. The fourth-order valence-corrected chi connectivity index (χ4v) is 4.42. The van der Waals surface area contributed by atoms with Gasteiger partial charge in [-0.25, -0.2) is 9.38 Å². The highest BCUT2D eigenvalue weighted by Crippen LogP contribution is 2.33. The molecule has 0 bridgehead atoms. The van der Waals surface area contributed by atoms with Crippen LogP contribution < -0.4 is 19.6 Å². The first-order valence-electron chi connectivity index (χ1n) is 8.01. The summed E-state index contributed by atoms with van der Waals surface area (Å²) in [6.07, 6.45) is 1.91. The monoisotopic (exact) mass is 372 g/mol. The molecule has 0 N–H and O–H groups in total. The number of fused-ring (bicyclic) bond motifs is 3. The van der Waals surface area contributed by atoms with Crippen molar-refractivity contribution in [3.8, 4) is 11.5 Å². The number of benzene rings is 1. The minimum absolute atomic E-state index is 0.0532. The SMILES string of the molecule is CCOc1cc2nc3sc(=Cc4cccs4)c(=O)n3c2cc1OCC. The largest absolute Gasteiger partial charge is 0.490 e. The Morgan fingerprint density at radius 2 is 1.96 bits per heavy atom. The number of thiophene rings is 1. The molecule has 4 rings (SSSR count). The molecule has 0 unspecified atom stereocenters. The molecule has 25 heavy (non-hydrogen) atoms. The van der Waals surface area contributed by atoms with Crippen LogP contribution in [0, 0.1) is 0 Å². The van der Waals surface area contributed by atoms with E-state index in [9.17, 15) is 4.79 Å². The van der Waals surface area contributed by atoms with Crippen LogP contribution in [0.15, 0.2) is 34.4 Å². The van der Waals surface area contributed by atoms with E-state index >= 15 is 0 Å². The molecule has 1 aromatic carbocycles. The van der Waals surface area contributed by atoms with Gasteiger partial charge in [-0.05, 0) is 31.4 Å². The quantitative estimate of drug-likeness (QED) is 0.539. The van der Waals surface area contributed by atoms with Gasteiger partial charge in [0.1, 0.15) is 0 Å². The van der Waals surface area contributed by atoms with E-state index in [2.05, 4.69) is 4.98 Å². The van der Waals surface area contributed by atoms with Gasteiger partial charge < -0.3 is 9.47 Å². The highest BCUT2D eigenvalue weighted by molar-refractivity contribution is 7.15. The molecular formula is C18H16N2O3S2. The molecule has 3 aromatic heterocycles. The molecule has 4 aromatic rings. The summed E-state index contributed by atoms with van der Waals surface area (Å²) in [6.45, 7) is 4.91. The second-order valence-electron chi connectivity index (χ2n) is 5.31. The van der Waals surface area contributed by atoms with E-state index < -0.39 is 0 Å². The van der Waals surface area contributed by atoms with Crippen molar-refractivity contribution in [1.29, 1.82) is 0 Å². The third kappa shape index (κ3) is 2.79. The van der Waals surface area contributed by atoms with Gasteiger partial charge in [0.15, 0.2) is 16.5 Å². The molecule has 0 saturated heterocycles. The maximum Gasteiger partial charge on any atom is 0.274 e. The summed E-state index contributed by atoms with van der Waals surface area (Å²) in [7, 11) is 0. The van der Waals surface area contributed by atoms with Crippen molar-refractivity contribution in [2.45, 2.75) is 13.8 Å². The summed E-state index contributed by atoms with van der Waals surface area (Å²) in [5, 5.41) is 1.99. The predicted molar refractivity (Wildman–Crippen MR) is 102 cm³/mol. The van der Waals surface area contributed by atoms with Crippen molar-refractivity contribution in [3.05, 3.63) is 49.4 Å². The maximum atomic E-state index is 12.8. The number of rotatable bonds is 5. The van der Waals surface area contributed by atoms with Gasteiger partial charge >= 0.3 is 0 Å². The Bertz CT molecular complexity index is 1140. The second-order valence-corrected chi connectivity index (χ2v) is 7.30. The average molecular weight is 372 g/mol. The summed E-state index contributed by atoms with van der Waals surface area (Å²) >= 11 is 3.00. The Morgan fingerprint density at radius 1 is 1.20 bits per heavy atom. The Kier molecular flexibility index (Phi) is 4.19. The van der Waals surface area contributed by atoms with Crippen molar-refractivity contribution in [2.75, 3.05) is 13.2 Å². The Hall–Kier alpha value is -2.38. The number of aromatic nitrogens is 2.